The van der Waals surface area contributed by atoms with Crippen LogP contribution in [0.25, 0.3) is 0 Å². The molecule has 1 aliphatic heterocycles. The Balaban J connectivity index is 1.68. The third-order valence-corrected chi connectivity index (χ3v) is 6.81. The number of benzene rings is 1. The zero-order valence-corrected chi connectivity index (χ0v) is 18.0. The van der Waals surface area contributed by atoms with Crippen LogP contribution in [-0.2, 0) is 4.79 Å². The van der Waals surface area contributed by atoms with E-state index >= 15 is 0 Å². The van der Waals surface area contributed by atoms with Crippen LogP contribution in [0, 0.1) is 5.92 Å². The largest absolute Gasteiger partial charge is 0.497 e. The van der Waals surface area contributed by atoms with Crippen LogP contribution in [0.15, 0.2) is 18.2 Å². The van der Waals surface area contributed by atoms with Crippen LogP contribution in [0.1, 0.15) is 32.1 Å². The highest BCUT2D eigenvalue weighted by Crippen LogP contribution is 2.39. The summed E-state index contributed by atoms with van der Waals surface area (Å²) >= 11 is 5.58. The quantitative estimate of drug-likeness (QED) is 0.507. The van der Waals surface area contributed by atoms with Gasteiger partial charge in [0.2, 0.25) is 5.91 Å². The van der Waals surface area contributed by atoms with E-state index in [1.807, 2.05) is 17.0 Å². The Hall–Kier alpha value is -2.10. The van der Waals surface area contributed by atoms with Crippen molar-refractivity contribution in [3.05, 3.63) is 18.2 Å². The number of rotatable bonds is 5. The van der Waals surface area contributed by atoms with Crippen molar-refractivity contribution in [3.63, 3.8) is 0 Å². The highest BCUT2D eigenvalue weighted by molar-refractivity contribution is 7.80. The number of methoxy groups -OCH3 is 2. The molecule has 1 amide bonds. The number of thiocarbonyl (C=S) groups is 1. The summed E-state index contributed by atoms with van der Waals surface area (Å²) in [6.07, 6.45) is 2.33. The number of carbonyl (C=O) groups is 1. The van der Waals surface area contributed by atoms with Gasteiger partial charge in [-0.25, -0.2) is 0 Å². The maximum atomic E-state index is 13.2. The zero-order valence-electron chi connectivity index (χ0n) is 17.2. The van der Waals surface area contributed by atoms with Crippen LogP contribution < -0.4 is 25.0 Å². The Bertz CT molecular complexity index is 794. The third kappa shape index (κ3) is 3.81. The number of nitrogens with zero attached hydrogens (tertiary/aromatic N) is 1. The normalized spacial score (nSPS) is 31.3. The predicted octanol–water partition coefficient (Wildman–Crippen LogP) is 0.936. The van der Waals surface area contributed by atoms with Gasteiger partial charge in [0.05, 0.1) is 44.0 Å². The number of nitrogens with one attached hydrogen (secondary N) is 2. The molecule has 1 saturated heterocycles. The first-order valence-electron chi connectivity index (χ1n) is 10.4. The Kier molecular flexibility index (Phi) is 6.04. The van der Waals surface area contributed by atoms with Gasteiger partial charge in [-0.1, -0.05) is 12.8 Å². The highest BCUT2D eigenvalue weighted by Gasteiger charge is 2.54. The summed E-state index contributed by atoms with van der Waals surface area (Å²) in [6, 6.07) is 4.58. The van der Waals surface area contributed by atoms with E-state index in [0.29, 0.717) is 22.3 Å². The summed E-state index contributed by atoms with van der Waals surface area (Å²) in [7, 11) is 3.14. The van der Waals surface area contributed by atoms with E-state index in [2.05, 4.69) is 10.6 Å². The van der Waals surface area contributed by atoms with E-state index in [1.54, 1.807) is 20.3 Å². The molecule has 0 bridgehead atoms. The molecule has 164 valence electrons. The van der Waals surface area contributed by atoms with Crippen LogP contribution >= 0.6 is 12.2 Å². The molecule has 1 aromatic rings. The lowest BCUT2D eigenvalue weighted by Crippen LogP contribution is -2.61. The average Bonchev–Trinajstić information content (AvgIpc) is 3.37. The molecular weight excluding hydrogens is 406 g/mol. The molecule has 1 heterocycles. The van der Waals surface area contributed by atoms with Gasteiger partial charge in [-0.05, 0) is 31.5 Å². The lowest BCUT2D eigenvalue weighted by Gasteiger charge is -2.41. The first-order chi connectivity index (χ1) is 14.4. The predicted molar refractivity (Wildman–Crippen MR) is 116 cm³/mol. The average molecular weight is 436 g/mol. The molecule has 3 fully saturated rings. The maximum Gasteiger partial charge on any atom is 0.225 e. The summed E-state index contributed by atoms with van der Waals surface area (Å²) in [6.45, 7) is 0. The fourth-order valence-electron chi connectivity index (χ4n) is 4.95. The van der Waals surface area contributed by atoms with Crippen molar-refractivity contribution in [3.8, 4) is 11.5 Å². The standard InChI is InChI=1S/C21H29N3O5S/c1-28-13-7-12(8-14(9-13)29-2)24-18-15(20(27)22-11-5-3-4-6-11)10-16(25)19(26)17(18)23-21(24)30/h7-9,11,15-19,25-26H,3-6,10H2,1-2H3,(H,22,27)(H,23,30). The number of hydrogen-bond donors (Lipinski definition) is 4. The number of aliphatic hydroxyl groups excluding tert-OH is 2. The molecule has 4 N–H and O–H groups in total. The molecule has 3 aliphatic rings. The van der Waals surface area contributed by atoms with E-state index in [4.69, 9.17) is 21.7 Å². The molecule has 30 heavy (non-hydrogen) atoms. The third-order valence-electron chi connectivity index (χ3n) is 6.50. The summed E-state index contributed by atoms with van der Waals surface area (Å²) < 4.78 is 10.8. The van der Waals surface area contributed by atoms with Crippen molar-refractivity contribution < 1.29 is 24.5 Å². The van der Waals surface area contributed by atoms with Gasteiger partial charge in [0.15, 0.2) is 5.11 Å². The Morgan fingerprint density at radius 2 is 1.80 bits per heavy atom. The minimum Gasteiger partial charge on any atom is -0.497 e. The Morgan fingerprint density at radius 3 is 2.40 bits per heavy atom. The van der Waals surface area contributed by atoms with Gasteiger partial charge in [-0.15, -0.1) is 0 Å². The van der Waals surface area contributed by atoms with Crippen LogP contribution in [0.4, 0.5) is 5.69 Å². The molecule has 2 saturated carbocycles. The van der Waals surface area contributed by atoms with Gasteiger partial charge in [0.25, 0.3) is 0 Å². The van der Waals surface area contributed by atoms with E-state index in [-0.39, 0.29) is 18.4 Å². The molecule has 9 heteroatoms. The number of anilines is 1. The van der Waals surface area contributed by atoms with E-state index in [9.17, 15) is 15.0 Å². The van der Waals surface area contributed by atoms with E-state index < -0.39 is 30.2 Å². The van der Waals surface area contributed by atoms with Crippen molar-refractivity contribution in [1.29, 1.82) is 0 Å². The molecule has 0 spiro atoms. The number of aliphatic hydroxyl groups is 2. The maximum absolute atomic E-state index is 13.2. The van der Waals surface area contributed by atoms with Crippen molar-refractivity contribution >= 4 is 28.9 Å². The first-order valence-corrected chi connectivity index (χ1v) is 10.8. The molecule has 2 aliphatic carbocycles. The van der Waals surface area contributed by atoms with Crippen LogP contribution in [0.2, 0.25) is 0 Å². The second-order valence-corrected chi connectivity index (χ2v) is 8.68. The summed E-state index contributed by atoms with van der Waals surface area (Å²) in [5.74, 6) is 0.561. The zero-order chi connectivity index (χ0) is 21.4. The monoisotopic (exact) mass is 435 g/mol. The smallest absolute Gasteiger partial charge is 0.225 e. The molecule has 1 aromatic carbocycles. The van der Waals surface area contributed by atoms with Gasteiger partial charge < -0.3 is 35.2 Å². The number of carbonyl (C=O) groups excluding carboxylic acids is 1. The number of amides is 1. The summed E-state index contributed by atoms with van der Waals surface area (Å²) in [5.41, 5.74) is 0.707. The van der Waals surface area contributed by atoms with Gasteiger partial charge in [-0.3, -0.25) is 4.79 Å². The van der Waals surface area contributed by atoms with Crippen molar-refractivity contribution in [1.82, 2.24) is 10.6 Å². The summed E-state index contributed by atoms with van der Waals surface area (Å²) in [4.78, 5) is 15.1. The topological polar surface area (TPSA) is 103 Å². The first kappa shape index (κ1) is 21.1. The molecule has 5 atom stereocenters. The van der Waals surface area contributed by atoms with Crippen LogP contribution in [0.3, 0.4) is 0 Å². The van der Waals surface area contributed by atoms with Crippen molar-refractivity contribution in [2.45, 2.75) is 62.4 Å². The fraction of sp³-hybridized carbons (Fsp3) is 0.619. The molecule has 5 unspecified atom stereocenters. The van der Waals surface area contributed by atoms with Gasteiger partial charge >= 0.3 is 0 Å². The van der Waals surface area contributed by atoms with Crippen LogP contribution in [0.5, 0.6) is 11.5 Å². The highest BCUT2D eigenvalue weighted by atomic mass is 32.1. The second-order valence-electron chi connectivity index (χ2n) is 8.30. The Labute approximate surface area is 181 Å². The second kappa shape index (κ2) is 8.56. The number of fused-ring (bicyclic) bond motifs is 1. The molecule has 0 aromatic heterocycles. The molecular formula is C21H29N3O5S. The Morgan fingerprint density at radius 1 is 1.17 bits per heavy atom. The number of hydrogen-bond acceptors (Lipinski definition) is 6. The van der Waals surface area contributed by atoms with Crippen LogP contribution in [-0.4, -0.2) is 65.8 Å². The van der Waals surface area contributed by atoms with Gasteiger partial charge in [0.1, 0.15) is 17.6 Å². The summed E-state index contributed by atoms with van der Waals surface area (Å²) in [5, 5.41) is 27.7. The van der Waals surface area contributed by atoms with Gasteiger partial charge in [0, 0.05) is 24.2 Å². The molecule has 4 rings (SSSR count). The lowest BCUT2D eigenvalue weighted by molar-refractivity contribution is -0.131. The van der Waals surface area contributed by atoms with E-state index in [0.717, 1.165) is 25.7 Å². The minimum atomic E-state index is -1.03. The molecule has 0 radical (unpaired) electrons. The minimum absolute atomic E-state index is 0.103. The fourth-order valence-corrected chi connectivity index (χ4v) is 5.31. The SMILES string of the molecule is COc1cc(OC)cc(N2C(=S)NC3C(O)C(O)CC(C(=O)NC4CCCC4)C32)c1. The van der Waals surface area contributed by atoms with Gasteiger partial charge in [-0.2, -0.15) is 0 Å². The lowest BCUT2D eigenvalue weighted by atomic mass is 9.77. The van der Waals surface area contributed by atoms with Crippen molar-refractivity contribution in [2.75, 3.05) is 19.1 Å². The van der Waals surface area contributed by atoms with Crippen molar-refractivity contribution in [2.24, 2.45) is 5.92 Å². The molecule has 8 nitrogen and oxygen atoms in total. The van der Waals surface area contributed by atoms with E-state index in [1.165, 1.54) is 0 Å². The number of ether oxygens (including phenoxy) is 2.